The maximum Gasteiger partial charge on any atom is 0.238 e. The quantitative estimate of drug-likeness (QED) is 0.218. The van der Waals surface area contributed by atoms with Gasteiger partial charge in [0.25, 0.3) is 0 Å². The monoisotopic (exact) mass is 578 g/mol. The molecule has 0 saturated carbocycles. The summed E-state index contributed by atoms with van der Waals surface area (Å²) in [6.07, 6.45) is -0.645. The second-order valence-electron chi connectivity index (χ2n) is 10.5. The molecule has 1 amide bonds. The van der Waals surface area contributed by atoms with Crippen LogP contribution in [0.3, 0.4) is 0 Å². The van der Waals surface area contributed by atoms with Gasteiger partial charge in [-0.3, -0.25) is 14.6 Å². The highest BCUT2D eigenvalue weighted by molar-refractivity contribution is 5.92. The standard InChI is InChI=1S/C34H34N4O5/c39-27(24-41-29-14-15-32-31(21-29)36-34(43-32)25-8-3-1-4-9-25)22-37-16-18-38(19-17-37)23-33(40)35-26-10-7-13-30(20-26)42-28-11-5-2-6-12-28/h1-15,20-21,27,39H,16-19,22-24H2,(H,35,40)/t27-/m1/s1. The van der Waals surface area contributed by atoms with E-state index in [1.165, 1.54) is 0 Å². The number of anilines is 1. The highest BCUT2D eigenvalue weighted by atomic mass is 16.5. The molecule has 1 atom stereocenters. The Hall–Kier alpha value is -4.70. The lowest BCUT2D eigenvalue weighted by atomic mass is 10.2. The van der Waals surface area contributed by atoms with E-state index in [1.54, 1.807) is 0 Å². The number of nitrogens with one attached hydrogen (secondary N) is 1. The van der Waals surface area contributed by atoms with Crippen molar-refractivity contribution in [2.24, 2.45) is 0 Å². The van der Waals surface area contributed by atoms with Crippen LogP contribution < -0.4 is 14.8 Å². The number of β-amino-alcohol motifs (C(OH)–C–C–N with tert-alkyl or cyclic N) is 1. The number of aromatic nitrogens is 1. The number of hydrogen-bond donors (Lipinski definition) is 2. The summed E-state index contributed by atoms with van der Waals surface area (Å²) in [5, 5.41) is 13.6. The van der Waals surface area contributed by atoms with Gasteiger partial charge in [-0.2, -0.15) is 0 Å². The Bertz CT molecular complexity index is 1640. The molecule has 9 nitrogen and oxygen atoms in total. The lowest BCUT2D eigenvalue weighted by Gasteiger charge is -2.35. The molecule has 1 fully saturated rings. The fraction of sp³-hybridized carbons (Fsp3) is 0.235. The van der Waals surface area contributed by atoms with Crippen LogP contribution in [0.1, 0.15) is 0 Å². The average molecular weight is 579 g/mol. The van der Waals surface area contributed by atoms with Gasteiger partial charge in [0.1, 0.15) is 35.5 Å². The van der Waals surface area contributed by atoms with Crippen molar-refractivity contribution in [1.82, 2.24) is 14.8 Å². The van der Waals surface area contributed by atoms with Gasteiger partial charge in [0.15, 0.2) is 5.58 Å². The molecule has 1 aliphatic heterocycles. The van der Waals surface area contributed by atoms with Crippen molar-refractivity contribution in [3.8, 4) is 28.7 Å². The molecule has 1 aliphatic rings. The third-order valence-corrected chi connectivity index (χ3v) is 7.22. The summed E-state index contributed by atoms with van der Waals surface area (Å²) >= 11 is 0. The molecular formula is C34H34N4O5. The Morgan fingerprint density at radius 2 is 1.56 bits per heavy atom. The lowest BCUT2D eigenvalue weighted by molar-refractivity contribution is -0.117. The summed E-state index contributed by atoms with van der Waals surface area (Å²) in [7, 11) is 0. The number of piperazine rings is 1. The number of para-hydroxylation sites is 1. The normalized spacial score (nSPS) is 14.8. The number of carbonyl (C=O) groups is 1. The zero-order valence-electron chi connectivity index (χ0n) is 23.8. The van der Waals surface area contributed by atoms with Gasteiger partial charge in [-0.05, 0) is 48.5 Å². The second kappa shape index (κ2) is 13.5. The van der Waals surface area contributed by atoms with Crippen LogP contribution in [0, 0.1) is 0 Å². The lowest BCUT2D eigenvalue weighted by Crippen LogP contribution is -2.50. The first-order valence-electron chi connectivity index (χ1n) is 14.4. The van der Waals surface area contributed by atoms with Crippen LogP contribution in [0.25, 0.3) is 22.6 Å². The zero-order chi connectivity index (χ0) is 29.4. The first-order valence-corrected chi connectivity index (χ1v) is 14.4. The summed E-state index contributed by atoms with van der Waals surface area (Å²) in [6, 6.07) is 32.2. The van der Waals surface area contributed by atoms with Crippen LogP contribution in [-0.4, -0.2) is 77.8 Å². The minimum absolute atomic E-state index is 0.0706. The maximum absolute atomic E-state index is 12.7. The molecule has 2 heterocycles. The van der Waals surface area contributed by atoms with Crippen LogP contribution in [0.2, 0.25) is 0 Å². The van der Waals surface area contributed by atoms with Gasteiger partial charge < -0.3 is 24.3 Å². The molecule has 5 aromatic rings. The van der Waals surface area contributed by atoms with E-state index in [0.29, 0.717) is 47.3 Å². The largest absolute Gasteiger partial charge is 0.491 e. The number of carbonyl (C=O) groups excluding carboxylic acids is 1. The molecule has 0 bridgehead atoms. The number of rotatable bonds is 11. The number of amides is 1. The van der Waals surface area contributed by atoms with E-state index >= 15 is 0 Å². The number of nitrogens with zero attached hydrogens (tertiary/aromatic N) is 3. The van der Waals surface area contributed by atoms with E-state index in [1.807, 2.05) is 103 Å². The van der Waals surface area contributed by atoms with Crippen LogP contribution in [-0.2, 0) is 4.79 Å². The van der Waals surface area contributed by atoms with Gasteiger partial charge in [-0.25, -0.2) is 4.98 Å². The first kappa shape index (κ1) is 28.4. The zero-order valence-corrected chi connectivity index (χ0v) is 23.8. The Morgan fingerprint density at radius 1 is 0.837 bits per heavy atom. The number of aliphatic hydroxyl groups is 1. The predicted octanol–water partition coefficient (Wildman–Crippen LogP) is 5.28. The van der Waals surface area contributed by atoms with Crippen molar-refractivity contribution in [2.45, 2.75) is 6.10 Å². The smallest absolute Gasteiger partial charge is 0.238 e. The number of aliphatic hydroxyl groups excluding tert-OH is 1. The number of benzene rings is 4. The summed E-state index contributed by atoms with van der Waals surface area (Å²) in [5.41, 5.74) is 3.00. The highest BCUT2D eigenvalue weighted by Crippen LogP contribution is 2.27. The molecule has 0 spiro atoms. The van der Waals surface area contributed by atoms with Gasteiger partial charge in [-0.1, -0.05) is 42.5 Å². The minimum Gasteiger partial charge on any atom is -0.491 e. The second-order valence-corrected chi connectivity index (χ2v) is 10.5. The molecular weight excluding hydrogens is 544 g/mol. The highest BCUT2D eigenvalue weighted by Gasteiger charge is 2.21. The molecule has 0 aliphatic carbocycles. The Balaban J connectivity index is 0.920. The van der Waals surface area contributed by atoms with Crippen LogP contribution >= 0.6 is 0 Å². The molecule has 43 heavy (non-hydrogen) atoms. The van der Waals surface area contributed by atoms with E-state index in [2.05, 4.69) is 20.1 Å². The number of ether oxygens (including phenoxy) is 2. The molecule has 4 aromatic carbocycles. The van der Waals surface area contributed by atoms with Crippen molar-refractivity contribution in [1.29, 1.82) is 0 Å². The Kier molecular flexibility index (Phi) is 8.93. The van der Waals surface area contributed by atoms with E-state index in [4.69, 9.17) is 13.9 Å². The molecule has 9 heteroatoms. The van der Waals surface area contributed by atoms with Crippen molar-refractivity contribution < 1.29 is 23.8 Å². The van der Waals surface area contributed by atoms with E-state index in [9.17, 15) is 9.90 Å². The van der Waals surface area contributed by atoms with Gasteiger partial charge in [-0.15, -0.1) is 0 Å². The first-order chi connectivity index (χ1) is 21.1. The topological polar surface area (TPSA) is 100 Å². The summed E-state index contributed by atoms with van der Waals surface area (Å²) in [4.78, 5) is 21.6. The number of hydrogen-bond acceptors (Lipinski definition) is 8. The van der Waals surface area contributed by atoms with Crippen LogP contribution in [0.4, 0.5) is 5.69 Å². The van der Waals surface area contributed by atoms with Crippen LogP contribution in [0.5, 0.6) is 17.2 Å². The third-order valence-electron chi connectivity index (χ3n) is 7.22. The fourth-order valence-corrected chi connectivity index (χ4v) is 5.04. The molecule has 6 rings (SSSR count). The Labute approximate surface area is 250 Å². The van der Waals surface area contributed by atoms with E-state index in [0.717, 1.165) is 37.5 Å². The Morgan fingerprint density at radius 3 is 2.35 bits per heavy atom. The maximum atomic E-state index is 12.7. The minimum atomic E-state index is -0.645. The average Bonchev–Trinajstić information content (AvgIpc) is 3.46. The number of oxazole rings is 1. The van der Waals surface area contributed by atoms with Crippen molar-refractivity contribution in [3.63, 3.8) is 0 Å². The molecule has 1 saturated heterocycles. The van der Waals surface area contributed by atoms with Crippen molar-refractivity contribution in [2.75, 3.05) is 51.2 Å². The third kappa shape index (κ3) is 7.78. The molecule has 0 unspecified atom stereocenters. The van der Waals surface area contributed by atoms with Crippen molar-refractivity contribution in [3.05, 3.63) is 103 Å². The number of fused-ring (bicyclic) bond motifs is 1. The summed E-state index contributed by atoms with van der Waals surface area (Å²) < 4.78 is 17.6. The van der Waals surface area contributed by atoms with Crippen LogP contribution in [0.15, 0.2) is 108 Å². The van der Waals surface area contributed by atoms with Crippen molar-refractivity contribution >= 4 is 22.7 Å². The van der Waals surface area contributed by atoms with E-state index in [-0.39, 0.29) is 12.5 Å². The molecule has 0 radical (unpaired) electrons. The van der Waals surface area contributed by atoms with Gasteiger partial charge >= 0.3 is 0 Å². The molecule has 1 aromatic heterocycles. The summed E-state index contributed by atoms with van der Waals surface area (Å²) in [6.45, 7) is 3.98. The molecule has 220 valence electrons. The predicted molar refractivity (Wildman–Crippen MR) is 165 cm³/mol. The SMILES string of the molecule is O=C(CN1CCN(C[C@@H](O)COc2ccc3oc(-c4ccccc4)nc3c2)CC1)Nc1cccc(Oc2ccccc2)c1. The fourth-order valence-electron chi connectivity index (χ4n) is 5.04. The van der Waals surface area contributed by atoms with Gasteiger partial charge in [0.2, 0.25) is 11.8 Å². The molecule has 2 N–H and O–H groups in total. The van der Waals surface area contributed by atoms with E-state index < -0.39 is 6.10 Å². The van der Waals surface area contributed by atoms with Gasteiger partial charge in [0.05, 0.1) is 6.54 Å². The summed E-state index contributed by atoms with van der Waals surface area (Å²) in [5.74, 6) is 2.53. The van der Waals surface area contributed by atoms with Gasteiger partial charge in [0, 0.05) is 56.1 Å².